The Balaban J connectivity index is 1.99. The Morgan fingerprint density at radius 3 is 2.27 bits per heavy atom. The van der Waals surface area contributed by atoms with Crippen LogP contribution in [0.2, 0.25) is 10.0 Å². The Labute approximate surface area is 189 Å². The highest BCUT2D eigenvalue weighted by Crippen LogP contribution is 2.41. The molecule has 0 amide bonds. The first-order chi connectivity index (χ1) is 14.3. The largest absolute Gasteiger partial charge is 0.419 e. The second-order valence-corrected chi connectivity index (χ2v) is 9.42. The van der Waals surface area contributed by atoms with E-state index in [9.17, 15) is 0 Å². The lowest BCUT2D eigenvalue weighted by atomic mass is 9.97. The standard InChI is InChI=1S/C22H20Cl2N4OS/c1-22(2,3)21-26-25-20(29-21)17-19(30-4)18(13-9-11-14(23)12-10-13)28(27-17)16-8-6-5-7-15(16)24/h5-12H,1-4H3. The lowest BCUT2D eigenvalue weighted by molar-refractivity contribution is 0.398. The first kappa shape index (κ1) is 21.0. The van der Waals surface area contributed by atoms with Crippen LogP contribution < -0.4 is 0 Å². The molecule has 0 aliphatic rings. The van der Waals surface area contributed by atoms with Gasteiger partial charge in [-0.3, -0.25) is 0 Å². The van der Waals surface area contributed by atoms with Crippen molar-refractivity contribution in [2.45, 2.75) is 31.1 Å². The molecule has 0 fully saturated rings. The summed E-state index contributed by atoms with van der Waals surface area (Å²) in [4.78, 5) is 0.918. The van der Waals surface area contributed by atoms with Crippen LogP contribution in [0.25, 0.3) is 28.5 Å². The molecule has 0 atom stereocenters. The molecule has 0 bridgehead atoms. The molecule has 4 rings (SSSR count). The fourth-order valence-corrected chi connectivity index (χ4v) is 4.08. The molecule has 0 saturated heterocycles. The number of nitrogens with zero attached hydrogens (tertiary/aromatic N) is 4. The number of benzene rings is 2. The van der Waals surface area contributed by atoms with Crippen molar-refractivity contribution >= 4 is 35.0 Å². The van der Waals surface area contributed by atoms with E-state index in [1.54, 1.807) is 11.8 Å². The van der Waals surface area contributed by atoms with Crippen molar-refractivity contribution < 1.29 is 4.42 Å². The molecular formula is C22H20Cl2N4OS. The predicted octanol–water partition coefficient (Wildman–Crippen LogP) is 6.92. The minimum Gasteiger partial charge on any atom is -0.419 e. The van der Waals surface area contributed by atoms with Crippen LogP contribution in [-0.4, -0.2) is 26.2 Å². The van der Waals surface area contributed by atoms with E-state index >= 15 is 0 Å². The fraction of sp³-hybridized carbons (Fsp3) is 0.227. The minimum atomic E-state index is -0.255. The van der Waals surface area contributed by atoms with Crippen LogP contribution in [0.4, 0.5) is 0 Å². The van der Waals surface area contributed by atoms with Gasteiger partial charge >= 0.3 is 0 Å². The summed E-state index contributed by atoms with van der Waals surface area (Å²) in [6, 6.07) is 15.2. The Kier molecular flexibility index (Phi) is 5.66. The average molecular weight is 459 g/mol. The highest BCUT2D eigenvalue weighted by atomic mass is 35.5. The van der Waals surface area contributed by atoms with Crippen molar-refractivity contribution in [1.82, 2.24) is 20.0 Å². The second kappa shape index (κ2) is 8.10. The quantitative estimate of drug-likeness (QED) is 0.310. The van der Waals surface area contributed by atoms with Gasteiger partial charge in [0.15, 0.2) is 5.69 Å². The summed E-state index contributed by atoms with van der Waals surface area (Å²) in [7, 11) is 0. The van der Waals surface area contributed by atoms with E-state index in [-0.39, 0.29) is 5.41 Å². The predicted molar refractivity (Wildman–Crippen MR) is 123 cm³/mol. The molecule has 0 unspecified atom stereocenters. The van der Waals surface area contributed by atoms with Crippen LogP contribution in [-0.2, 0) is 5.41 Å². The molecule has 2 heterocycles. The van der Waals surface area contributed by atoms with Crippen molar-refractivity contribution in [3.8, 4) is 28.5 Å². The monoisotopic (exact) mass is 458 g/mol. The normalized spacial score (nSPS) is 11.8. The third-order valence-electron chi connectivity index (χ3n) is 4.51. The van der Waals surface area contributed by atoms with Gasteiger partial charge in [-0.25, -0.2) is 4.68 Å². The summed E-state index contributed by atoms with van der Waals surface area (Å²) in [5, 5.41) is 14.6. The first-order valence-corrected chi connectivity index (χ1v) is 11.3. The van der Waals surface area contributed by atoms with Gasteiger partial charge in [0, 0.05) is 16.0 Å². The lowest BCUT2D eigenvalue weighted by Crippen LogP contribution is -2.11. The maximum absolute atomic E-state index is 6.52. The van der Waals surface area contributed by atoms with Crippen LogP contribution in [0, 0.1) is 0 Å². The molecule has 0 N–H and O–H groups in total. The molecule has 0 spiro atoms. The van der Waals surface area contributed by atoms with E-state index in [4.69, 9.17) is 32.7 Å². The topological polar surface area (TPSA) is 56.7 Å². The summed E-state index contributed by atoms with van der Waals surface area (Å²) in [6.07, 6.45) is 2.00. The highest BCUT2D eigenvalue weighted by Gasteiger charge is 2.28. The van der Waals surface area contributed by atoms with Gasteiger partial charge in [-0.2, -0.15) is 5.10 Å². The molecule has 0 saturated carbocycles. The molecule has 154 valence electrons. The minimum absolute atomic E-state index is 0.255. The second-order valence-electron chi connectivity index (χ2n) is 7.76. The summed E-state index contributed by atoms with van der Waals surface area (Å²) in [5.74, 6) is 0.940. The maximum atomic E-state index is 6.52. The van der Waals surface area contributed by atoms with E-state index in [0.717, 1.165) is 21.8 Å². The molecular weight excluding hydrogens is 439 g/mol. The van der Waals surface area contributed by atoms with Crippen molar-refractivity contribution in [3.05, 3.63) is 64.5 Å². The molecule has 0 aliphatic heterocycles. The number of hydrogen-bond acceptors (Lipinski definition) is 5. The number of hydrogen-bond donors (Lipinski definition) is 0. The van der Waals surface area contributed by atoms with Crippen LogP contribution >= 0.6 is 35.0 Å². The van der Waals surface area contributed by atoms with E-state index in [1.165, 1.54) is 0 Å². The Morgan fingerprint density at radius 2 is 1.67 bits per heavy atom. The molecule has 30 heavy (non-hydrogen) atoms. The average Bonchev–Trinajstić information content (AvgIpc) is 3.33. The van der Waals surface area contributed by atoms with E-state index in [0.29, 0.717) is 27.5 Å². The number of aromatic nitrogens is 4. The van der Waals surface area contributed by atoms with Gasteiger partial charge in [0.2, 0.25) is 5.89 Å². The van der Waals surface area contributed by atoms with Crippen LogP contribution in [0.1, 0.15) is 26.7 Å². The summed E-state index contributed by atoms with van der Waals surface area (Å²) in [6.45, 7) is 6.09. The number of para-hydroxylation sites is 1. The molecule has 5 nitrogen and oxygen atoms in total. The lowest BCUT2D eigenvalue weighted by Gasteiger charge is -2.11. The van der Waals surface area contributed by atoms with Crippen molar-refractivity contribution in [3.63, 3.8) is 0 Å². The van der Waals surface area contributed by atoms with Crippen LogP contribution in [0.5, 0.6) is 0 Å². The van der Waals surface area contributed by atoms with E-state index < -0.39 is 0 Å². The molecule has 4 aromatic rings. The van der Waals surface area contributed by atoms with Crippen molar-refractivity contribution in [2.75, 3.05) is 6.26 Å². The molecule has 0 aliphatic carbocycles. The van der Waals surface area contributed by atoms with Gasteiger partial charge in [0.1, 0.15) is 0 Å². The Bertz CT molecular complexity index is 1190. The van der Waals surface area contributed by atoms with E-state index in [1.807, 2.05) is 80.2 Å². The van der Waals surface area contributed by atoms with Gasteiger partial charge in [-0.15, -0.1) is 22.0 Å². The number of halogens is 2. The molecule has 2 aromatic heterocycles. The third-order valence-corrected chi connectivity index (χ3v) is 5.88. The summed E-state index contributed by atoms with van der Waals surface area (Å²) >= 11 is 14.2. The fourth-order valence-electron chi connectivity index (χ4n) is 3.02. The zero-order valence-electron chi connectivity index (χ0n) is 17.0. The summed E-state index contributed by atoms with van der Waals surface area (Å²) < 4.78 is 7.83. The van der Waals surface area contributed by atoms with Gasteiger partial charge < -0.3 is 4.42 Å². The smallest absolute Gasteiger partial charge is 0.269 e. The zero-order valence-corrected chi connectivity index (χ0v) is 19.3. The summed E-state index contributed by atoms with van der Waals surface area (Å²) in [5.41, 5.74) is 2.97. The maximum Gasteiger partial charge on any atom is 0.269 e. The third kappa shape index (κ3) is 3.87. The van der Waals surface area contributed by atoms with Gasteiger partial charge in [0.05, 0.1) is 21.3 Å². The van der Waals surface area contributed by atoms with Crippen molar-refractivity contribution in [2.24, 2.45) is 0 Å². The van der Waals surface area contributed by atoms with Crippen LogP contribution in [0.15, 0.2) is 57.8 Å². The number of rotatable bonds is 4. The van der Waals surface area contributed by atoms with Crippen molar-refractivity contribution in [1.29, 1.82) is 0 Å². The zero-order chi connectivity index (χ0) is 21.5. The SMILES string of the molecule is CSc1c(-c2nnc(C(C)(C)C)o2)nn(-c2ccccc2Cl)c1-c1ccc(Cl)cc1. The number of thioether (sulfide) groups is 1. The van der Waals surface area contributed by atoms with E-state index in [2.05, 4.69) is 10.2 Å². The first-order valence-electron chi connectivity index (χ1n) is 9.32. The molecule has 8 heteroatoms. The van der Waals surface area contributed by atoms with Gasteiger partial charge in [-0.1, -0.05) is 68.2 Å². The van der Waals surface area contributed by atoms with Crippen LogP contribution in [0.3, 0.4) is 0 Å². The molecule has 2 aromatic carbocycles. The Morgan fingerprint density at radius 1 is 0.967 bits per heavy atom. The highest BCUT2D eigenvalue weighted by molar-refractivity contribution is 7.98. The van der Waals surface area contributed by atoms with Gasteiger partial charge in [-0.05, 0) is 30.5 Å². The Hall–Kier alpha value is -2.28. The van der Waals surface area contributed by atoms with Gasteiger partial charge in [0.25, 0.3) is 5.89 Å². The molecule has 0 radical (unpaired) electrons.